The van der Waals surface area contributed by atoms with Crippen molar-refractivity contribution < 1.29 is 4.74 Å². The topological polar surface area (TPSA) is 12.5 Å². The molecule has 0 amide bonds. The number of hydrogen-bond donors (Lipinski definition) is 0. The van der Waals surface area contributed by atoms with Crippen molar-refractivity contribution in [3.8, 4) is 5.75 Å². The first-order valence-electron chi connectivity index (χ1n) is 11.1. The molecule has 28 heavy (non-hydrogen) atoms. The zero-order chi connectivity index (χ0) is 19.1. The van der Waals surface area contributed by atoms with Crippen molar-refractivity contribution >= 4 is 0 Å². The van der Waals surface area contributed by atoms with Crippen LogP contribution in [0.2, 0.25) is 0 Å². The van der Waals surface area contributed by atoms with Crippen molar-refractivity contribution in [2.45, 2.75) is 56.9 Å². The van der Waals surface area contributed by atoms with Gasteiger partial charge in [-0.1, -0.05) is 49.7 Å². The summed E-state index contributed by atoms with van der Waals surface area (Å²) >= 11 is 0. The monoisotopic (exact) mass is 375 g/mol. The van der Waals surface area contributed by atoms with Crippen LogP contribution in [0.5, 0.6) is 5.75 Å². The Bertz CT molecular complexity index is 832. The van der Waals surface area contributed by atoms with E-state index >= 15 is 0 Å². The Morgan fingerprint density at radius 2 is 1.96 bits per heavy atom. The third-order valence-corrected chi connectivity index (χ3v) is 7.98. The summed E-state index contributed by atoms with van der Waals surface area (Å²) in [7, 11) is 1.80. The molecule has 1 aliphatic heterocycles. The molecule has 2 aromatic rings. The Balaban J connectivity index is 1.46. The van der Waals surface area contributed by atoms with Gasteiger partial charge in [0.1, 0.15) is 5.75 Å². The molecule has 2 fully saturated rings. The standard InChI is InChI=1S/C26H33NO/c1-19-8-11-23-25-16-21-9-10-22(28-2)17-24(21)26(23,18-19)13-15-27(25)14-12-20-6-4-3-5-7-20/h3-7,9-10,17,19,23,25H,8,11-16,18H2,1-2H3/t19-,23-,25-,26+/m0/s1. The van der Waals surface area contributed by atoms with Gasteiger partial charge in [-0.15, -0.1) is 0 Å². The van der Waals surface area contributed by atoms with Crippen molar-refractivity contribution in [1.29, 1.82) is 0 Å². The molecule has 1 saturated carbocycles. The minimum absolute atomic E-state index is 0.383. The third-order valence-electron chi connectivity index (χ3n) is 7.98. The van der Waals surface area contributed by atoms with Crippen LogP contribution in [-0.4, -0.2) is 31.1 Å². The highest BCUT2D eigenvalue weighted by Gasteiger charge is 2.54. The van der Waals surface area contributed by atoms with E-state index in [0.717, 1.165) is 17.6 Å². The van der Waals surface area contributed by atoms with Crippen LogP contribution in [0.15, 0.2) is 48.5 Å². The maximum Gasteiger partial charge on any atom is 0.119 e. The van der Waals surface area contributed by atoms with Gasteiger partial charge in [0.15, 0.2) is 0 Å². The molecule has 2 heteroatoms. The Morgan fingerprint density at radius 3 is 2.79 bits per heavy atom. The van der Waals surface area contributed by atoms with Gasteiger partial charge in [-0.05, 0) is 79.3 Å². The van der Waals surface area contributed by atoms with Gasteiger partial charge < -0.3 is 4.74 Å². The third kappa shape index (κ3) is 2.97. The molecule has 0 unspecified atom stereocenters. The minimum atomic E-state index is 0.383. The van der Waals surface area contributed by atoms with Gasteiger partial charge in [0.05, 0.1) is 7.11 Å². The van der Waals surface area contributed by atoms with Gasteiger partial charge in [0.25, 0.3) is 0 Å². The predicted molar refractivity (Wildman–Crippen MR) is 115 cm³/mol. The molecule has 148 valence electrons. The fourth-order valence-corrected chi connectivity index (χ4v) is 6.69. The first-order chi connectivity index (χ1) is 13.7. The SMILES string of the molecule is COc1ccc2c(c1)[C@@]13CCN(CCc4ccccc4)[C@@H](C2)[C@@H]1CC[C@H](C)C3. The van der Waals surface area contributed by atoms with Crippen LogP contribution in [0.25, 0.3) is 0 Å². The average Bonchev–Trinajstić information content (AvgIpc) is 2.73. The number of methoxy groups -OCH3 is 1. The highest BCUT2D eigenvalue weighted by Crippen LogP contribution is 2.57. The largest absolute Gasteiger partial charge is 0.497 e. The first kappa shape index (κ1) is 18.2. The smallest absolute Gasteiger partial charge is 0.119 e. The number of fused-ring (bicyclic) bond motifs is 1. The second kappa shape index (κ2) is 7.22. The van der Waals surface area contributed by atoms with Crippen LogP contribution in [0.1, 0.15) is 49.3 Å². The lowest BCUT2D eigenvalue weighted by atomic mass is 9.51. The van der Waals surface area contributed by atoms with Crippen molar-refractivity contribution in [2.75, 3.05) is 20.2 Å². The minimum Gasteiger partial charge on any atom is -0.497 e. The van der Waals surface area contributed by atoms with E-state index in [1.807, 2.05) is 0 Å². The molecule has 1 heterocycles. The van der Waals surface area contributed by atoms with Crippen LogP contribution < -0.4 is 4.74 Å². The number of piperidine rings is 1. The molecule has 1 saturated heterocycles. The molecular weight excluding hydrogens is 342 g/mol. The van der Waals surface area contributed by atoms with Crippen LogP contribution in [0, 0.1) is 11.8 Å². The van der Waals surface area contributed by atoms with Crippen LogP contribution in [0.4, 0.5) is 0 Å². The Kier molecular flexibility index (Phi) is 4.71. The summed E-state index contributed by atoms with van der Waals surface area (Å²) in [6.45, 7) is 4.91. The summed E-state index contributed by atoms with van der Waals surface area (Å²) < 4.78 is 5.62. The summed E-state index contributed by atoms with van der Waals surface area (Å²) in [6, 6.07) is 18.6. The number of rotatable bonds is 4. The van der Waals surface area contributed by atoms with Gasteiger partial charge in [-0.25, -0.2) is 0 Å². The fourth-order valence-electron chi connectivity index (χ4n) is 6.69. The van der Waals surface area contributed by atoms with Gasteiger partial charge >= 0.3 is 0 Å². The highest BCUT2D eigenvalue weighted by molar-refractivity contribution is 5.45. The average molecular weight is 376 g/mol. The second-order valence-electron chi connectivity index (χ2n) is 9.47. The number of ether oxygens (including phenoxy) is 1. The molecule has 2 bridgehead atoms. The summed E-state index contributed by atoms with van der Waals surface area (Å²) in [4.78, 5) is 2.83. The van der Waals surface area contributed by atoms with E-state index in [2.05, 4.69) is 60.4 Å². The lowest BCUT2D eigenvalue weighted by molar-refractivity contribution is -0.0229. The Hall–Kier alpha value is -1.80. The molecule has 2 nitrogen and oxygen atoms in total. The van der Waals surface area contributed by atoms with E-state index in [9.17, 15) is 0 Å². The predicted octanol–water partition coefficient (Wildman–Crippen LogP) is 5.24. The molecule has 0 spiro atoms. The van der Waals surface area contributed by atoms with Gasteiger partial charge in [0, 0.05) is 18.0 Å². The maximum absolute atomic E-state index is 5.62. The van der Waals surface area contributed by atoms with Crippen LogP contribution in [0.3, 0.4) is 0 Å². The maximum atomic E-state index is 5.62. The number of hydrogen-bond acceptors (Lipinski definition) is 2. The Morgan fingerprint density at radius 1 is 1.11 bits per heavy atom. The summed E-state index contributed by atoms with van der Waals surface area (Å²) in [5.41, 5.74) is 5.06. The number of likely N-dealkylation sites (tertiary alicyclic amines) is 1. The van der Waals surface area contributed by atoms with Gasteiger partial charge in [0.2, 0.25) is 0 Å². The van der Waals surface area contributed by atoms with E-state index in [1.165, 1.54) is 57.2 Å². The quantitative estimate of drug-likeness (QED) is 0.724. The number of benzene rings is 2. The van der Waals surface area contributed by atoms with Crippen molar-refractivity contribution in [3.05, 3.63) is 65.2 Å². The molecule has 5 rings (SSSR count). The van der Waals surface area contributed by atoms with Gasteiger partial charge in [-0.2, -0.15) is 0 Å². The van der Waals surface area contributed by atoms with Crippen LogP contribution in [-0.2, 0) is 18.3 Å². The van der Waals surface area contributed by atoms with E-state index in [1.54, 1.807) is 18.2 Å². The molecule has 2 aliphatic carbocycles. The molecule has 2 aromatic carbocycles. The van der Waals surface area contributed by atoms with E-state index in [4.69, 9.17) is 4.74 Å². The molecule has 0 aromatic heterocycles. The normalized spacial score (nSPS) is 31.7. The second-order valence-corrected chi connectivity index (χ2v) is 9.47. The highest BCUT2D eigenvalue weighted by atomic mass is 16.5. The van der Waals surface area contributed by atoms with E-state index < -0.39 is 0 Å². The molecular formula is C26H33NO. The van der Waals surface area contributed by atoms with Crippen molar-refractivity contribution in [2.24, 2.45) is 11.8 Å². The molecule has 0 N–H and O–H groups in total. The summed E-state index contributed by atoms with van der Waals surface area (Å²) in [5.74, 6) is 2.69. The van der Waals surface area contributed by atoms with E-state index in [0.29, 0.717) is 11.5 Å². The summed E-state index contributed by atoms with van der Waals surface area (Å²) in [6.07, 6.45) is 7.85. The summed E-state index contributed by atoms with van der Waals surface area (Å²) in [5, 5.41) is 0. The molecule has 3 aliphatic rings. The lowest BCUT2D eigenvalue weighted by Crippen LogP contribution is -2.61. The lowest BCUT2D eigenvalue weighted by Gasteiger charge is -2.60. The van der Waals surface area contributed by atoms with Crippen molar-refractivity contribution in [3.63, 3.8) is 0 Å². The fraction of sp³-hybridized carbons (Fsp3) is 0.538. The Labute approximate surface area is 169 Å². The zero-order valence-corrected chi connectivity index (χ0v) is 17.4. The molecule has 0 radical (unpaired) electrons. The number of nitrogens with zero attached hydrogens (tertiary/aromatic N) is 1. The first-order valence-corrected chi connectivity index (χ1v) is 11.1. The van der Waals surface area contributed by atoms with Crippen molar-refractivity contribution in [1.82, 2.24) is 4.90 Å². The van der Waals surface area contributed by atoms with E-state index in [-0.39, 0.29) is 0 Å². The zero-order valence-electron chi connectivity index (χ0n) is 17.4. The van der Waals surface area contributed by atoms with Gasteiger partial charge in [-0.3, -0.25) is 4.90 Å². The molecule has 4 atom stereocenters. The van der Waals surface area contributed by atoms with Crippen LogP contribution >= 0.6 is 0 Å².